The second-order valence-electron chi connectivity index (χ2n) is 6.11. The normalized spacial score (nSPS) is 10.8. The minimum atomic E-state index is -0.268. The zero-order chi connectivity index (χ0) is 19.5. The molecule has 0 fully saturated rings. The predicted molar refractivity (Wildman–Crippen MR) is 108 cm³/mol. The first-order chi connectivity index (χ1) is 13.7. The van der Waals surface area contributed by atoms with E-state index in [0.29, 0.717) is 23.6 Å². The van der Waals surface area contributed by atoms with E-state index in [4.69, 9.17) is 0 Å². The van der Waals surface area contributed by atoms with Crippen LogP contribution in [0.15, 0.2) is 65.6 Å². The summed E-state index contributed by atoms with van der Waals surface area (Å²) < 4.78 is 1.68. The molecule has 0 aliphatic rings. The van der Waals surface area contributed by atoms with Crippen molar-refractivity contribution in [1.82, 2.24) is 19.7 Å². The third kappa shape index (κ3) is 3.35. The summed E-state index contributed by atoms with van der Waals surface area (Å²) >= 11 is 0. The van der Waals surface area contributed by atoms with E-state index in [1.54, 1.807) is 41.1 Å². The third-order valence-corrected chi connectivity index (χ3v) is 4.32. The average molecular weight is 374 g/mol. The van der Waals surface area contributed by atoms with Crippen LogP contribution in [0.5, 0.6) is 0 Å². The Kier molecular flexibility index (Phi) is 4.59. The van der Waals surface area contributed by atoms with Gasteiger partial charge in [0.1, 0.15) is 0 Å². The Morgan fingerprint density at radius 3 is 2.61 bits per heavy atom. The van der Waals surface area contributed by atoms with Crippen LogP contribution in [-0.2, 0) is 6.54 Å². The summed E-state index contributed by atoms with van der Waals surface area (Å²) in [6.45, 7) is 2.47. The van der Waals surface area contributed by atoms with Gasteiger partial charge in [-0.2, -0.15) is 5.10 Å². The molecular weight excluding hydrogens is 356 g/mol. The maximum atomic E-state index is 12.7. The van der Waals surface area contributed by atoms with Gasteiger partial charge >= 0.3 is 0 Å². The minimum absolute atomic E-state index is 0.193. The summed E-state index contributed by atoms with van der Waals surface area (Å²) in [7, 11) is 0. The van der Waals surface area contributed by atoms with Crippen molar-refractivity contribution in [1.29, 1.82) is 0 Å². The van der Waals surface area contributed by atoms with E-state index in [9.17, 15) is 9.59 Å². The van der Waals surface area contributed by atoms with Gasteiger partial charge in [-0.15, -0.1) is 0 Å². The van der Waals surface area contributed by atoms with E-state index in [2.05, 4.69) is 25.8 Å². The van der Waals surface area contributed by atoms with Crippen molar-refractivity contribution in [2.24, 2.45) is 0 Å². The number of fused-ring (bicyclic) bond motifs is 1. The van der Waals surface area contributed by atoms with Crippen molar-refractivity contribution in [2.45, 2.75) is 13.5 Å². The molecule has 2 aromatic heterocycles. The topological polar surface area (TPSA) is 105 Å². The van der Waals surface area contributed by atoms with Gasteiger partial charge in [-0.05, 0) is 43.3 Å². The molecule has 8 nitrogen and oxygen atoms in total. The first-order valence-corrected chi connectivity index (χ1v) is 8.83. The number of hydrogen-bond donors (Lipinski definition) is 3. The first-order valence-electron chi connectivity index (χ1n) is 8.83. The van der Waals surface area contributed by atoms with Gasteiger partial charge < -0.3 is 15.2 Å². The van der Waals surface area contributed by atoms with Gasteiger partial charge in [-0.1, -0.05) is 12.1 Å². The molecule has 0 unspecified atom stereocenters. The maximum Gasteiger partial charge on any atom is 0.294 e. The van der Waals surface area contributed by atoms with Crippen LogP contribution in [0.4, 0.5) is 17.3 Å². The number of rotatable bonds is 5. The number of H-pyrrole nitrogens is 1. The van der Waals surface area contributed by atoms with Gasteiger partial charge in [-0.3, -0.25) is 14.7 Å². The number of aromatic amines is 1. The number of carbonyl (C=O) groups excluding carboxylic acids is 1. The second-order valence-corrected chi connectivity index (χ2v) is 6.11. The molecule has 2 heterocycles. The first kappa shape index (κ1) is 17.5. The molecule has 4 aromatic rings. The number of para-hydroxylation sites is 2. The van der Waals surface area contributed by atoms with Crippen LogP contribution in [0, 0.1) is 0 Å². The Labute approximate surface area is 160 Å². The van der Waals surface area contributed by atoms with Crippen molar-refractivity contribution < 1.29 is 4.79 Å². The van der Waals surface area contributed by atoms with Gasteiger partial charge in [-0.25, -0.2) is 4.98 Å². The van der Waals surface area contributed by atoms with Crippen molar-refractivity contribution in [3.63, 3.8) is 0 Å². The average Bonchev–Trinajstić information content (AvgIpc) is 3.22. The fourth-order valence-corrected chi connectivity index (χ4v) is 2.95. The summed E-state index contributed by atoms with van der Waals surface area (Å²) in [6, 6.07) is 16.0. The fraction of sp³-hybridized carbons (Fsp3) is 0.100. The van der Waals surface area contributed by atoms with Crippen molar-refractivity contribution in [3.05, 3.63) is 76.7 Å². The van der Waals surface area contributed by atoms with Crippen LogP contribution in [0.1, 0.15) is 17.3 Å². The number of nitrogens with one attached hydrogen (secondary N) is 3. The smallest absolute Gasteiger partial charge is 0.294 e. The molecule has 4 rings (SSSR count). The number of nitrogens with zero attached hydrogens (tertiary/aromatic N) is 3. The van der Waals surface area contributed by atoms with E-state index in [1.165, 1.54) is 0 Å². The number of aromatic nitrogens is 4. The van der Waals surface area contributed by atoms with Crippen LogP contribution in [-0.4, -0.2) is 25.7 Å². The minimum Gasteiger partial charge on any atom is -0.336 e. The number of aryl methyl sites for hydroxylation is 1. The standard InChI is InChI=1S/C20H18N6O2/c1-2-26-16-6-4-3-5-15(16)23-18(20(26)28)22-14-9-7-13(8-10-14)19(27)24-17-11-12-21-25-17/h3-12H,2H2,1H3,(H,22,23)(H2,21,24,25,27). The molecule has 0 spiro atoms. The number of amides is 1. The van der Waals surface area contributed by atoms with Crippen molar-refractivity contribution in [2.75, 3.05) is 10.6 Å². The largest absolute Gasteiger partial charge is 0.336 e. The van der Waals surface area contributed by atoms with Gasteiger partial charge in [0, 0.05) is 30.1 Å². The Balaban J connectivity index is 1.59. The molecular formula is C20H18N6O2. The van der Waals surface area contributed by atoms with E-state index < -0.39 is 0 Å². The number of benzene rings is 2. The SMILES string of the molecule is CCn1c(=O)c(Nc2ccc(C(=O)Nc3cc[nH]n3)cc2)nc2ccccc21. The molecule has 0 aliphatic heterocycles. The lowest BCUT2D eigenvalue weighted by Gasteiger charge is -2.12. The van der Waals surface area contributed by atoms with E-state index in [-0.39, 0.29) is 17.3 Å². The summed E-state index contributed by atoms with van der Waals surface area (Å²) in [4.78, 5) is 29.4. The van der Waals surface area contributed by atoms with Gasteiger partial charge in [0.15, 0.2) is 11.6 Å². The van der Waals surface area contributed by atoms with Crippen molar-refractivity contribution >= 4 is 34.3 Å². The van der Waals surface area contributed by atoms with Crippen LogP contribution in [0.2, 0.25) is 0 Å². The molecule has 0 saturated carbocycles. The van der Waals surface area contributed by atoms with Gasteiger partial charge in [0.25, 0.3) is 11.5 Å². The number of carbonyl (C=O) groups is 1. The summed E-state index contributed by atoms with van der Waals surface area (Å²) in [5, 5.41) is 12.3. The highest BCUT2D eigenvalue weighted by Gasteiger charge is 2.11. The summed E-state index contributed by atoms with van der Waals surface area (Å²) in [6.07, 6.45) is 1.63. The van der Waals surface area contributed by atoms with Crippen LogP contribution in [0.25, 0.3) is 11.0 Å². The summed E-state index contributed by atoms with van der Waals surface area (Å²) in [5.74, 6) is 0.428. The molecule has 1 amide bonds. The monoisotopic (exact) mass is 374 g/mol. The van der Waals surface area contributed by atoms with Crippen LogP contribution in [0.3, 0.4) is 0 Å². The highest BCUT2D eigenvalue weighted by Crippen LogP contribution is 2.17. The highest BCUT2D eigenvalue weighted by atomic mass is 16.1. The predicted octanol–water partition coefficient (Wildman–Crippen LogP) is 3.14. The lowest BCUT2D eigenvalue weighted by atomic mass is 10.2. The Bertz CT molecular complexity index is 1180. The van der Waals surface area contributed by atoms with E-state index >= 15 is 0 Å². The van der Waals surface area contributed by atoms with E-state index in [0.717, 1.165) is 11.0 Å². The van der Waals surface area contributed by atoms with Crippen molar-refractivity contribution in [3.8, 4) is 0 Å². The quantitative estimate of drug-likeness (QED) is 0.498. The lowest BCUT2D eigenvalue weighted by molar-refractivity contribution is 0.102. The fourth-order valence-electron chi connectivity index (χ4n) is 2.95. The Hall–Kier alpha value is -3.94. The molecule has 140 valence electrons. The zero-order valence-corrected chi connectivity index (χ0v) is 15.1. The molecule has 0 saturated heterocycles. The van der Waals surface area contributed by atoms with Gasteiger partial charge in [0.2, 0.25) is 0 Å². The molecule has 2 aromatic carbocycles. The van der Waals surface area contributed by atoms with E-state index in [1.807, 2.05) is 31.2 Å². The summed E-state index contributed by atoms with van der Waals surface area (Å²) in [5.41, 5.74) is 2.48. The lowest BCUT2D eigenvalue weighted by Crippen LogP contribution is -2.23. The number of anilines is 3. The molecule has 0 atom stereocenters. The Morgan fingerprint density at radius 2 is 1.89 bits per heavy atom. The van der Waals surface area contributed by atoms with Gasteiger partial charge in [0.05, 0.1) is 11.0 Å². The molecule has 28 heavy (non-hydrogen) atoms. The third-order valence-electron chi connectivity index (χ3n) is 4.32. The second kappa shape index (κ2) is 7.36. The highest BCUT2D eigenvalue weighted by molar-refractivity contribution is 6.03. The maximum absolute atomic E-state index is 12.7. The molecule has 0 aliphatic carbocycles. The Morgan fingerprint density at radius 1 is 1.11 bits per heavy atom. The zero-order valence-electron chi connectivity index (χ0n) is 15.1. The molecule has 0 radical (unpaired) electrons. The molecule has 0 bridgehead atoms. The molecule has 3 N–H and O–H groups in total. The number of hydrogen-bond acceptors (Lipinski definition) is 5. The molecule has 8 heteroatoms. The van der Waals surface area contributed by atoms with Crippen LogP contribution < -0.4 is 16.2 Å². The van der Waals surface area contributed by atoms with Crippen LogP contribution >= 0.6 is 0 Å².